The number of anilines is 2. The Bertz CT molecular complexity index is 2720. The van der Waals surface area contributed by atoms with Crippen molar-refractivity contribution >= 4 is 64.0 Å². The molecule has 1 aromatic heterocycles. The maximum Gasteiger partial charge on any atom is 0.265 e. The lowest BCUT2D eigenvalue weighted by molar-refractivity contribution is -0.130. The number of nitrogens with one attached hydrogen (secondary N) is 3. The normalized spacial score (nSPS) is 16.3. The molecule has 3 heterocycles. The molecule has 17 nitrogen and oxygen atoms in total. The van der Waals surface area contributed by atoms with Crippen molar-refractivity contribution in [3.8, 4) is 22.9 Å². The Morgan fingerprint density at radius 1 is 0.789 bits per heavy atom. The zero-order valence-corrected chi connectivity index (χ0v) is 44.6. The van der Waals surface area contributed by atoms with Crippen LogP contribution in [0, 0.1) is 11.3 Å². The van der Waals surface area contributed by atoms with Gasteiger partial charge in [-0.2, -0.15) is 5.26 Å². The van der Waals surface area contributed by atoms with Gasteiger partial charge < -0.3 is 54.2 Å². The van der Waals surface area contributed by atoms with E-state index in [1.54, 1.807) is 53.7 Å². The monoisotopic (exact) mass is 1080 g/mol. The number of halogens is 1. The summed E-state index contributed by atoms with van der Waals surface area (Å²) in [6.45, 7) is 8.59. The van der Waals surface area contributed by atoms with Crippen molar-refractivity contribution < 1.29 is 47.6 Å². The number of piperidine rings is 1. The lowest BCUT2D eigenvalue weighted by Gasteiger charge is -2.39. The molecule has 19 heteroatoms. The maximum absolute atomic E-state index is 13.4. The molecule has 3 atom stereocenters. The molecule has 1 fully saturated rings. The third-order valence-electron chi connectivity index (χ3n) is 12.7. The average molecular weight is 1080 g/mol. The van der Waals surface area contributed by atoms with E-state index in [0.29, 0.717) is 107 Å². The Labute approximate surface area is 453 Å². The van der Waals surface area contributed by atoms with E-state index in [9.17, 15) is 24.4 Å². The SMILES string of the molecule is CC(=O)N1c2ccc(-c3ccc(C(=O)NCCOCCOCCOCCOCCOCCNC(=O)COc4ccc(C5CCCCN5C(=O)/C(C#N)=C/c5nccs5)cc4)cc3)cc2[C@H](Nc2ccc(Cl)cc2)C[C@@H]1C. The molecule has 76 heavy (non-hydrogen) atoms. The van der Waals surface area contributed by atoms with Crippen LogP contribution in [-0.4, -0.2) is 132 Å². The molecular formula is C57H66ClN7O10S. The number of likely N-dealkylation sites (tertiary alicyclic amines) is 1. The summed E-state index contributed by atoms with van der Waals surface area (Å²) in [7, 11) is 0. The predicted molar refractivity (Wildman–Crippen MR) is 292 cm³/mol. The Morgan fingerprint density at radius 3 is 2.04 bits per heavy atom. The Kier molecular flexibility index (Phi) is 22.6. The molecule has 0 aliphatic carbocycles. The largest absolute Gasteiger partial charge is 0.484 e. The van der Waals surface area contributed by atoms with Crippen LogP contribution in [0.4, 0.5) is 11.4 Å². The number of thiazole rings is 1. The Balaban J connectivity index is 0.665. The third kappa shape index (κ3) is 17.2. The lowest BCUT2D eigenvalue weighted by atomic mass is 9.88. The summed E-state index contributed by atoms with van der Waals surface area (Å²) in [6.07, 6.45) is 6.55. The van der Waals surface area contributed by atoms with Gasteiger partial charge in [0.15, 0.2) is 6.61 Å². The van der Waals surface area contributed by atoms with Crippen molar-refractivity contribution in [3.05, 3.63) is 135 Å². The molecule has 0 bridgehead atoms. The van der Waals surface area contributed by atoms with E-state index < -0.39 is 0 Å². The quantitative estimate of drug-likeness (QED) is 0.0245. The summed E-state index contributed by atoms with van der Waals surface area (Å²) in [5, 5.41) is 22.1. The molecule has 1 saturated heterocycles. The number of amides is 4. The second-order valence-electron chi connectivity index (χ2n) is 18.1. The minimum Gasteiger partial charge on any atom is -0.484 e. The van der Waals surface area contributed by atoms with Crippen LogP contribution < -0.4 is 25.6 Å². The summed E-state index contributed by atoms with van der Waals surface area (Å²) >= 11 is 7.50. The zero-order valence-electron chi connectivity index (χ0n) is 43.0. The summed E-state index contributed by atoms with van der Waals surface area (Å²) in [5.41, 5.74) is 6.36. The fourth-order valence-corrected chi connectivity index (χ4v) is 9.73. The fourth-order valence-electron chi connectivity index (χ4n) is 9.04. The number of ether oxygens (including phenoxy) is 6. The number of hydrogen-bond donors (Lipinski definition) is 3. The molecule has 402 valence electrons. The van der Waals surface area contributed by atoms with Crippen LogP contribution in [0.2, 0.25) is 5.02 Å². The second-order valence-corrected chi connectivity index (χ2v) is 19.5. The molecule has 7 rings (SSSR count). The highest BCUT2D eigenvalue weighted by Gasteiger charge is 2.33. The first kappa shape index (κ1) is 57.0. The highest BCUT2D eigenvalue weighted by molar-refractivity contribution is 7.10. The number of aromatic nitrogens is 1. The van der Waals surface area contributed by atoms with E-state index in [4.69, 9.17) is 40.0 Å². The first-order chi connectivity index (χ1) is 37.1. The molecule has 1 unspecified atom stereocenters. The number of hydrogen-bond acceptors (Lipinski definition) is 14. The summed E-state index contributed by atoms with van der Waals surface area (Å²) < 4.78 is 33.5. The minimum atomic E-state index is -0.303. The fraction of sp³-hybridized carbons (Fsp3) is 0.404. The number of nitrogens with zero attached hydrogens (tertiary/aromatic N) is 4. The van der Waals surface area contributed by atoms with Crippen molar-refractivity contribution in [3.63, 3.8) is 0 Å². The molecule has 0 spiro atoms. The van der Waals surface area contributed by atoms with Crippen LogP contribution in [0.1, 0.15) is 78.1 Å². The van der Waals surface area contributed by atoms with E-state index in [-0.39, 0.29) is 53.9 Å². The van der Waals surface area contributed by atoms with E-state index in [2.05, 4.69) is 40.0 Å². The third-order valence-corrected chi connectivity index (χ3v) is 13.7. The Hall–Kier alpha value is -6.69. The molecule has 3 N–H and O–H groups in total. The van der Waals surface area contributed by atoms with Crippen LogP contribution in [0.15, 0.2) is 108 Å². The average Bonchev–Trinajstić information content (AvgIpc) is 3.96. The smallest absolute Gasteiger partial charge is 0.265 e. The molecular weight excluding hydrogens is 1010 g/mol. The van der Waals surface area contributed by atoms with Gasteiger partial charge in [-0.05, 0) is 122 Å². The van der Waals surface area contributed by atoms with Crippen molar-refractivity contribution in [1.82, 2.24) is 20.5 Å². The standard InChI is InChI=1S/C57H66ClN7O10S/c1-40-35-51(63-48-15-13-47(58)14-16-48)50-36-45(12-19-53(50)65(40)41(2)66)42-6-8-44(9-7-42)56(68)62-21-25-71-27-29-73-31-33-74-32-30-72-28-26-70-24-20-60-54(67)39-75-49-17-10-43(11-18-49)52-5-3-4-23-64(52)57(69)46(38-59)37-55-61-22-34-76-55/h6-19,22,34,36-37,40,51-52,63H,3-5,20-21,23-33,35,39H2,1-2H3,(H,60,67)(H,62,68)/b46-37+/t40-,51+,52?/m0/s1. The lowest BCUT2D eigenvalue weighted by Crippen LogP contribution is -2.43. The molecule has 2 aliphatic heterocycles. The molecule has 4 amide bonds. The van der Waals surface area contributed by atoms with Crippen LogP contribution in [0.3, 0.4) is 0 Å². The highest BCUT2D eigenvalue weighted by Crippen LogP contribution is 2.41. The molecule has 4 aromatic carbocycles. The van der Waals surface area contributed by atoms with Gasteiger partial charge in [0.2, 0.25) is 5.91 Å². The van der Waals surface area contributed by atoms with Gasteiger partial charge in [-0.3, -0.25) is 19.2 Å². The van der Waals surface area contributed by atoms with E-state index in [0.717, 1.165) is 59.3 Å². The number of nitriles is 1. The van der Waals surface area contributed by atoms with Crippen molar-refractivity contribution in [2.45, 2.75) is 57.7 Å². The number of benzene rings is 4. The summed E-state index contributed by atoms with van der Waals surface area (Å²) in [4.78, 5) is 59.1. The second kappa shape index (κ2) is 30.2. The van der Waals surface area contributed by atoms with Crippen molar-refractivity contribution in [1.29, 1.82) is 5.26 Å². The topological polar surface area (TPSA) is 203 Å². The molecule has 0 radical (unpaired) electrons. The minimum absolute atomic E-state index is 0.00195. The Morgan fingerprint density at radius 2 is 1.42 bits per heavy atom. The van der Waals surface area contributed by atoms with Gasteiger partial charge >= 0.3 is 0 Å². The summed E-state index contributed by atoms with van der Waals surface area (Å²) in [5.74, 6) is -0.238. The van der Waals surface area contributed by atoms with Gasteiger partial charge in [-0.25, -0.2) is 4.98 Å². The van der Waals surface area contributed by atoms with Gasteiger partial charge in [0, 0.05) is 66.1 Å². The van der Waals surface area contributed by atoms with Crippen LogP contribution in [-0.2, 0) is 38.1 Å². The predicted octanol–water partition coefficient (Wildman–Crippen LogP) is 8.43. The maximum atomic E-state index is 13.4. The van der Waals surface area contributed by atoms with Gasteiger partial charge in [-0.15, -0.1) is 11.3 Å². The van der Waals surface area contributed by atoms with Crippen LogP contribution in [0.5, 0.6) is 5.75 Å². The number of carbonyl (C=O) groups excluding carboxylic acids is 4. The van der Waals surface area contributed by atoms with E-state index >= 15 is 0 Å². The number of carbonyl (C=O) groups is 4. The van der Waals surface area contributed by atoms with Crippen molar-refractivity contribution in [2.75, 3.05) is 103 Å². The van der Waals surface area contributed by atoms with Crippen LogP contribution in [0.25, 0.3) is 17.2 Å². The van der Waals surface area contributed by atoms with E-state index in [1.165, 1.54) is 11.3 Å². The molecule has 2 aliphatic rings. The molecule has 0 saturated carbocycles. The first-order valence-electron chi connectivity index (χ1n) is 25.6. The number of fused-ring (bicyclic) bond motifs is 1. The van der Waals surface area contributed by atoms with Gasteiger partial charge in [-0.1, -0.05) is 41.9 Å². The van der Waals surface area contributed by atoms with Crippen LogP contribution >= 0.6 is 22.9 Å². The van der Waals surface area contributed by atoms with E-state index in [1.807, 2.05) is 65.6 Å². The van der Waals surface area contributed by atoms with Crippen molar-refractivity contribution in [2.24, 2.45) is 0 Å². The van der Waals surface area contributed by atoms with Gasteiger partial charge in [0.1, 0.15) is 22.4 Å². The molecule has 5 aromatic rings. The summed E-state index contributed by atoms with van der Waals surface area (Å²) in [6, 6.07) is 30.5. The first-order valence-corrected chi connectivity index (χ1v) is 26.9. The number of rotatable bonds is 28. The van der Waals surface area contributed by atoms with Gasteiger partial charge in [0.25, 0.3) is 17.7 Å². The van der Waals surface area contributed by atoms with Gasteiger partial charge in [0.05, 0.1) is 78.2 Å². The zero-order chi connectivity index (χ0) is 53.5. The highest BCUT2D eigenvalue weighted by atomic mass is 35.5.